The fraction of sp³-hybridized carbons (Fsp3) is 0.688. The van der Waals surface area contributed by atoms with Crippen LogP contribution < -0.4 is 10.1 Å². The number of rotatable bonds is 4. The Morgan fingerprint density at radius 2 is 1.96 bits per heavy atom. The van der Waals surface area contributed by atoms with Gasteiger partial charge in [-0.05, 0) is 43.5 Å². The molecule has 0 atom stereocenters. The number of ether oxygens (including phenoxy) is 1. The molecule has 0 aromatic carbocycles. The molecule has 0 aliphatic carbocycles. The first-order valence-corrected chi connectivity index (χ1v) is 8.08. The van der Waals surface area contributed by atoms with Crippen LogP contribution >= 0.6 is 0 Å². The molecule has 0 unspecified atom stereocenters. The Hall–Kier alpha value is -1.34. The zero-order chi connectivity index (χ0) is 16.4. The Bertz CT molecular complexity index is 538. The molecule has 1 aromatic rings. The minimum absolute atomic E-state index is 0.0656. The van der Waals surface area contributed by atoms with Crippen LogP contribution in [0.15, 0.2) is 12.1 Å². The van der Waals surface area contributed by atoms with Crippen LogP contribution in [0.2, 0.25) is 0 Å². The molecule has 1 aromatic heterocycles. The number of halogens is 3. The topological polar surface area (TPSA) is 37.4 Å². The van der Waals surface area contributed by atoms with Gasteiger partial charge < -0.3 is 10.1 Å². The Morgan fingerprint density at radius 1 is 1.26 bits per heavy atom. The van der Waals surface area contributed by atoms with E-state index in [1.165, 1.54) is 0 Å². The van der Waals surface area contributed by atoms with E-state index < -0.39 is 11.9 Å². The number of nitrogens with one attached hydrogen (secondary N) is 1. The van der Waals surface area contributed by atoms with Crippen molar-refractivity contribution in [2.75, 3.05) is 26.2 Å². The first kappa shape index (κ1) is 16.5. The van der Waals surface area contributed by atoms with Crippen molar-refractivity contribution in [3.63, 3.8) is 0 Å². The third-order valence-corrected chi connectivity index (χ3v) is 4.27. The van der Waals surface area contributed by atoms with Crippen LogP contribution in [0.1, 0.15) is 31.0 Å². The third kappa shape index (κ3) is 4.35. The smallest absolute Gasteiger partial charge is 0.433 e. The Morgan fingerprint density at radius 3 is 2.57 bits per heavy atom. The van der Waals surface area contributed by atoms with Crippen LogP contribution in [0.5, 0.6) is 5.88 Å². The van der Waals surface area contributed by atoms with E-state index in [0.717, 1.165) is 45.1 Å². The monoisotopic (exact) mass is 329 g/mol. The van der Waals surface area contributed by atoms with E-state index in [2.05, 4.69) is 22.1 Å². The molecule has 2 fully saturated rings. The minimum Gasteiger partial charge on any atom is -0.474 e. The van der Waals surface area contributed by atoms with Crippen LogP contribution in [-0.4, -0.2) is 42.2 Å². The molecule has 128 valence electrons. The number of hydrogen-bond donors (Lipinski definition) is 1. The molecule has 0 bridgehead atoms. The second-order valence-corrected chi connectivity index (χ2v) is 6.56. The van der Waals surface area contributed by atoms with Gasteiger partial charge in [0.2, 0.25) is 5.88 Å². The molecule has 2 aliphatic rings. The summed E-state index contributed by atoms with van der Waals surface area (Å²) in [7, 11) is 0. The molecular weight excluding hydrogens is 307 g/mol. The summed E-state index contributed by atoms with van der Waals surface area (Å²) >= 11 is 0. The van der Waals surface area contributed by atoms with Gasteiger partial charge in [0.05, 0.1) is 0 Å². The maximum Gasteiger partial charge on any atom is 0.433 e. The summed E-state index contributed by atoms with van der Waals surface area (Å²) in [4.78, 5) is 5.81. The van der Waals surface area contributed by atoms with Crippen molar-refractivity contribution in [3.8, 4) is 5.88 Å². The fourth-order valence-corrected chi connectivity index (χ4v) is 3.16. The van der Waals surface area contributed by atoms with Crippen LogP contribution in [-0.2, 0) is 12.7 Å². The molecule has 0 spiro atoms. The largest absolute Gasteiger partial charge is 0.474 e. The number of likely N-dealkylation sites (tertiary alicyclic amines) is 1. The Kier molecular flexibility index (Phi) is 4.77. The van der Waals surface area contributed by atoms with E-state index in [0.29, 0.717) is 18.0 Å². The molecule has 0 saturated carbocycles. The van der Waals surface area contributed by atoms with Crippen molar-refractivity contribution in [2.24, 2.45) is 5.92 Å². The highest BCUT2D eigenvalue weighted by atomic mass is 19.4. The van der Waals surface area contributed by atoms with Crippen LogP contribution in [0.3, 0.4) is 0 Å². The highest BCUT2D eigenvalue weighted by Gasteiger charge is 2.34. The van der Waals surface area contributed by atoms with Gasteiger partial charge in [-0.2, -0.15) is 13.2 Å². The van der Waals surface area contributed by atoms with Gasteiger partial charge in [-0.3, -0.25) is 4.90 Å². The Balaban J connectivity index is 1.76. The summed E-state index contributed by atoms with van der Waals surface area (Å²) in [5, 5.41) is 3.21. The molecule has 3 heterocycles. The predicted octanol–water partition coefficient (Wildman–Crippen LogP) is 2.68. The lowest BCUT2D eigenvalue weighted by molar-refractivity contribution is -0.141. The number of aromatic nitrogens is 1. The maximum atomic E-state index is 13.1. The molecule has 3 rings (SSSR count). The number of piperidine rings is 1. The summed E-state index contributed by atoms with van der Waals surface area (Å²) in [6.45, 7) is 6.14. The summed E-state index contributed by atoms with van der Waals surface area (Å²) in [6.07, 6.45) is -2.94. The summed E-state index contributed by atoms with van der Waals surface area (Å²) in [5.74, 6) is 0.708. The second kappa shape index (κ2) is 6.65. The van der Waals surface area contributed by atoms with Gasteiger partial charge in [0.15, 0.2) is 0 Å². The van der Waals surface area contributed by atoms with Gasteiger partial charge >= 0.3 is 6.18 Å². The summed E-state index contributed by atoms with van der Waals surface area (Å²) in [6, 6.07) is 2.79. The highest BCUT2D eigenvalue weighted by molar-refractivity contribution is 5.27. The molecule has 2 saturated heterocycles. The summed E-state index contributed by atoms with van der Waals surface area (Å²) < 4.78 is 45.0. The molecule has 7 heteroatoms. The average molecular weight is 329 g/mol. The van der Waals surface area contributed by atoms with E-state index in [1.807, 2.05) is 0 Å². The minimum atomic E-state index is -4.45. The third-order valence-electron chi connectivity index (χ3n) is 4.27. The van der Waals surface area contributed by atoms with E-state index in [-0.39, 0.29) is 12.0 Å². The lowest BCUT2D eigenvalue weighted by Crippen LogP contribution is -2.44. The lowest BCUT2D eigenvalue weighted by Gasteiger charge is -2.37. The van der Waals surface area contributed by atoms with Crippen molar-refractivity contribution < 1.29 is 17.9 Å². The van der Waals surface area contributed by atoms with Crippen molar-refractivity contribution in [1.29, 1.82) is 0 Å². The molecule has 1 N–H and O–H groups in total. The first-order valence-electron chi connectivity index (χ1n) is 8.08. The normalized spacial score (nSPS) is 21.2. The van der Waals surface area contributed by atoms with Gasteiger partial charge in [-0.25, -0.2) is 4.98 Å². The van der Waals surface area contributed by atoms with Crippen LogP contribution in [0.4, 0.5) is 13.2 Å². The lowest BCUT2D eigenvalue weighted by atomic mass is 10.0. The zero-order valence-corrected chi connectivity index (χ0v) is 13.2. The number of pyridine rings is 1. The van der Waals surface area contributed by atoms with Crippen molar-refractivity contribution in [3.05, 3.63) is 23.4 Å². The fourth-order valence-electron chi connectivity index (χ4n) is 3.16. The van der Waals surface area contributed by atoms with E-state index >= 15 is 0 Å². The van der Waals surface area contributed by atoms with E-state index in [1.54, 1.807) is 6.07 Å². The summed E-state index contributed by atoms with van der Waals surface area (Å²) in [5.41, 5.74) is -0.254. The SMILES string of the molecule is CC1CN(Cc2cc(OC3CCNCC3)nc(C(F)(F)F)c2)C1. The zero-order valence-electron chi connectivity index (χ0n) is 13.2. The van der Waals surface area contributed by atoms with Gasteiger partial charge in [-0.15, -0.1) is 0 Å². The predicted molar refractivity (Wildman–Crippen MR) is 80.2 cm³/mol. The second-order valence-electron chi connectivity index (χ2n) is 6.56. The Labute approximate surface area is 134 Å². The number of nitrogens with zero attached hydrogens (tertiary/aromatic N) is 2. The molecule has 0 radical (unpaired) electrons. The number of alkyl halides is 3. The van der Waals surface area contributed by atoms with E-state index in [4.69, 9.17) is 4.74 Å². The van der Waals surface area contributed by atoms with Crippen LogP contribution in [0.25, 0.3) is 0 Å². The molecular formula is C16H22F3N3O. The van der Waals surface area contributed by atoms with Gasteiger partial charge in [-0.1, -0.05) is 6.92 Å². The molecule has 2 aliphatic heterocycles. The average Bonchev–Trinajstić information content (AvgIpc) is 2.45. The standard InChI is InChI=1S/C16H22F3N3O/c1-11-8-22(9-11)10-12-6-14(16(17,18)19)21-15(7-12)23-13-2-4-20-5-3-13/h6-7,11,13,20H,2-5,8-10H2,1H3. The molecule has 0 amide bonds. The van der Waals surface area contributed by atoms with Crippen LogP contribution in [0, 0.1) is 5.92 Å². The quantitative estimate of drug-likeness (QED) is 0.922. The van der Waals surface area contributed by atoms with Gasteiger partial charge in [0.25, 0.3) is 0 Å². The molecule has 23 heavy (non-hydrogen) atoms. The first-order chi connectivity index (χ1) is 10.9. The van der Waals surface area contributed by atoms with Gasteiger partial charge in [0.1, 0.15) is 11.8 Å². The number of hydrogen-bond acceptors (Lipinski definition) is 4. The highest BCUT2D eigenvalue weighted by Crippen LogP contribution is 2.31. The van der Waals surface area contributed by atoms with Gasteiger partial charge in [0, 0.05) is 25.7 Å². The van der Waals surface area contributed by atoms with Crippen molar-refractivity contribution in [2.45, 2.75) is 38.6 Å². The van der Waals surface area contributed by atoms with E-state index in [9.17, 15) is 13.2 Å². The van der Waals surface area contributed by atoms with Crippen molar-refractivity contribution >= 4 is 0 Å². The molecule has 4 nitrogen and oxygen atoms in total. The maximum absolute atomic E-state index is 13.1. The van der Waals surface area contributed by atoms with Crippen molar-refractivity contribution in [1.82, 2.24) is 15.2 Å².